The highest BCUT2D eigenvalue weighted by atomic mass is 16.1. The second-order valence-electron chi connectivity index (χ2n) is 4.60. The van der Waals surface area contributed by atoms with Crippen LogP contribution in [-0.2, 0) is 4.79 Å². The van der Waals surface area contributed by atoms with Crippen molar-refractivity contribution in [3.8, 4) is 0 Å². The Bertz CT molecular complexity index is 393. The fourth-order valence-corrected chi connectivity index (χ4v) is 3.19. The van der Waals surface area contributed by atoms with Gasteiger partial charge in [-0.2, -0.15) is 0 Å². The van der Waals surface area contributed by atoms with Gasteiger partial charge in [-0.3, -0.25) is 0 Å². The molecule has 15 heavy (non-hydrogen) atoms. The van der Waals surface area contributed by atoms with E-state index in [0.29, 0.717) is 17.8 Å². The largest absolute Gasteiger partial charge is 0.303 e. The Morgan fingerprint density at radius 1 is 1.07 bits per heavy atom. The third kappa shape index (κ3) is 1.26. The van der Waals surface area contributed by atoms with Crippen LogP contribution in [0.25, 0.3) is 0 Å². The zero-order valence-corrected chi connectivity index (χ0v) is 8.54. The first kappa shape index (κ1) is 8.90. The lowest BCUT2D eigenvalue weighted by molar-refractivity contribution is -0.112. The van der Waals surface area contributed by atoms with Crippen LogP contribution >= 0.6 is 0 Å². The van der Waals surface area contributed by atoms with Crippen molar-refractivity contribution < 1.29 is 4.79 Å². The van der Waals surface area contributed by atoms with E-state index in [0.717, 1.165) is 6.29 Å². The van der Waals surface area contributed by atoms with Crippen LogP contribution < -0.4 is 0 Å². The Labute approximate surface area is 89.8 Å². The van der Waals surface area contributed by atoms with Crippen LogP contribution in [0.4, 0.5) is 0 Å². The lowest BCUT2D eigenvalue weighted by atomic mass is 9.79. The van der Waals surface area contributed by atoms with Crippen molar-refractivity contribution in [2.45, 2.75) is 12.3 Å². The van der Waals surface area contributed by atoms with Crippen LogP contribution in [0.15, 0.2) is 42.5 Å². The zero-order valence-electron chi connectivity index (χ0n) is 8.54. The molecule has 1 heteroatoms. The number of benzene rings is 1. The van der Waals surface area contributed by atoms with E-state index in [1.54, 1.807) is 0 Å². The fourth-order valence-electron chi connectivity index (χ4n) is 3.19. The van der Waals surface area contributed by atoms with Crippen LogP contribution in [-0.4, -0.2) is 6.29 Å². The molecule has 0 aromatic heterocycles. The van der Waals surface area contributed by atoms with Gasteiger partial charge >= 0.3 is 0 Å². The van der Waals surface area contributed by atoms with E-state index in [1.807, 2.05) is 6.07 Å². The van der Waals surface area contributed by atoms with Crippen molar-refractivity contribution in [3.63, 3.8) is 0 Å². The molecule has 1 aromatic carbocycles. The number of hydrogen-bond donors (Lipinski definition) is 0. The molecule has 1 nitrogen and oxygen atoms in total. The summed E-state index contributed by atoms with van der Waals surface area (Å²) in [5, 5.41) is 0. The summed E-state index contributed by atoms with van der Waals surface area (Å²) in [6.07, 6.45) is 6.85. The van der Waals surface area contributed by atoms with E-state index < -0.39 is 0 Å². The number of carbonyl (C=O) groups is 1. The minimum Gasteiger partial charge on any atom is -0.303 e. The van der Waals surface area contributed by atoms with Crippen molar-refractivity contribution in [1.82, 2.24) is 0 Å². The molecule has 3 rings (SSSR count). The highest BCUT2D eigenvalue weighted by Gasteiger charge is 2.44. The van der Waals surface area contributed by atoms with Gasteiger partial charge in [0.05, 0.1) is 0 Å². The van der Waals surface area contributed by atoms with Gasteiger partial charge in [-0.1, -0.05) is 42.5 Å². The van der Waals surface area contributed by atoms with E-state index in [4.69, 9.17) is 0 Å². The highest BCUT2D eigenvalue weighted by Crippen LogP contribution is 2.51. The Hall–Kier alpha value is -1.37. The first-order valence-electron chi connectivity index (χ1n) is 5.58. The van der Waals surface area contributed by atoms with Crippen molar-refractivity contribution in [3.05, 3.63) is 48.0 Å². The summed E-state index contributed by atoms with van der Waals surface area (Å²) in [6, 6.07) is 10.5. The van der Waals surface area contributed by atoms with Crippen LogP contribution in [0, 0.1) is 17.8 Å². The molecule has 0 unspecified atom stereocenters. The minimum atomic E-state index is 0.211. The Balaban J connectivity index is 1.99. The van der Waals surface area contributed by atoms with Gasteiger partial charge < -0.3 is 4.79 Å². The monoisotopic (exact) mass is 198 g/mol. The van der Waals surface area contributed by atoms with E-state index in [1.165, 1.54) is 12.0 Å². The quantitative estimate of drug-likeness (QED) is 0.527. The van der Waals surface area contributed by atoms with Crippen LogP contribution in [0.2, 0.25) is 0 Å². The molecule has 0 aliphatic heterocycles. The van der Waals surface area contributed by atoms with Crippen LogP contribution in [0.5, 0.6) is 0 Å². The summed E-state index contributed by atoms with van der Waals surface area (Å²) in [4.78, 5) is 11.1. The molecule has 0 amide bonds. The third-order valence-electron chi connectivity index (χ3n) is 3.86. The molecule has 0 spiro atoms. The fraction of sp³-hybridized carbons (Fsp3) is 0.357. The summed E-state index contributed by atoms with van der Waals surface area (Å²) in [7, 11) is 0. The number of hydrogen-bond acceptors (Lipinski definition) is 1. The van der Waals surface area contributed by atoms with E-state index in [9.17, 15) is 4.79 Å². The maximum atomic E-state index is 11.1. The number of carbonyl (C=O) groups excluding carboxylic acids is 1. The summed E-state index contributed by atoms with van der Waals surface area (Å²) in [5.74, 6) is 1.73. The van der Waals surface area contributed by atoms with E-state index in [2.05, 4.69) is 36.4 Å². The maximum Gasteiger partial charge on any atom is 0.124 e. The Morgan fingerprint density at radius 3 is 2.53 bits per heavy atom. The van der Waals surface area contributed by atoms with Gasteiger partial charge in [0.15, 0.2) is 0 Å². The van der Waals surface area contributed by atoms with Gasteiger partial charge in [0.25, 0.3) is 0 Å². The molecule has 2 aliphatic carbocycles. The maximum absolute atomic E-state index is 11.1. The van der Waals surface area contributed by atoms with Crippen molar-refractivity contribution in [1.29, 1.82) is 0 Å². The Kier molecular flexibility index (Phi) is 1.98. The predicted octanol–water partition coefficient (Wildman–Crippen LogP) is 2.79. The van der Waals surface area contributed by atoms with Crippen molar-refractivity contribution in [2.24, 2.45) is 17.8 Å². The van der Waals surface area contributed by atoms with E-state index in [-0.39, 0.29) is 5.92 Å². The summed E-state index contributed by atoms with van der Waals surface area (Å²) in [5.41, 5.74) is 1.33. The zero-order chi connectivity index (χ0) is 10.3. The average Bonchev–Trinajstić information content (AvgIpc) is 2.89. The van der Waals surface area contributed by atoms with Crippen molar-refractivity contribution >= 4 is 6.29 Å². The second kappa shape index (κ2) is 3.34. The molecule has 76 valence electrons. The van der Waals surface area contributed by atoms with Gasteiger partial charge in [-0.25, -0.2) is 0 Å². The molecule has 1 saturated carbocycles. The molecule has 1 aromatic rings. The average molecular weight is 198 g/mol. The number of allylic oxidation sites excluding steroid dienone is 2. The standard InChI is InChI=1S/C14H14O/c15-9-13-11-6-7-12(8-11)14(13)10-4-2-1-3-5-10/h1-7,9,11-14H,8H2/t11-,12+,13-,14-/m1/s1. The normalized spacial score (nSPS) is 37.1. The SMILES string of the molecule is O=C[C@H]1[C@H](c2ccccc2)[C@H]2C=C[C@@H]1C2. The molecule has 0 N–H and O–H groups in total. The second-order valence-corrected chi connectivity index (χ2v) is 4.60. The van der Waals surface area contributed by atoms with Gasteiger partial charge in [0, 0.05) is 11.8 Å². The van der Waals surface area contributed by atoms with Crippen LogP contribution in [0.3, 0.4) is 0 Å². The van der Waals surface area contributed by atoms with Crippen LogP contribution in [0.1, 0.15) is 17.9 Å². The number of fused-ring (bicyclic) bond motifs is 2. The van der Waals surface area contributed by atoms with Gasteiger partial charge in [0.2, 0.25) is 0 Å². The number of rotatable bonds is 2. The molecule has 4 atom stereocenters. The molecule has 2 aliphatic rings. The molecular formula is C14H14O. The number of aldehydes is 1. The lowest BCUT2D eigenvalue weighted by Crippen LogP contribution is -2.18. The third-order valence-corrected chi connectivity index (χ3v) is 3.86. The van der Waals surface area contributed by atoms with E-state index >= 15 is 0 Å². The summed E-state index contributed by atoms with van der Waals surface area (Å²) in [6.45, 7) is 0. The first-order chi connectivity index (χ1) is 7.40. The molecule has 0 radical (unpaired) electrons. The molecule has 2 bridgehead atoms. The summed E-state index contributed by atoms with van der Waals surface area (Å²) >= 11 is 0. The minimum absolute atomic E-state index is 0.211. The van der Waals surface area contributed by atoms with Gasteiger partial charge in [0.1, 0.15) is 6.29 Å². The molecule has 0 heterocycles. The van der Waals surface area contributed by atoms with Gasteiger partial charge in [-0.05, 0) is 23.8 Å². The molecular weight excluding hydrogens is 184 g/mol. The predicted molar refractivity (Wildman–Crippen MR) is 59.5 cm³/mol. The molecule has 1 fully saturated rings. The molecule has 0 saturated heterocycles. The first-order valence-corrected chi connectivity index (χ1v) is 5.58. The highest BCUT2D eigenvalue weighted by molar-refractivity contribution is 5.59. The summed E-state index contributed by atoms with van der Waals surface area (Å²) < 4.78 is 0. The smallest absolute Gasteiger partial charge is 0.124 e. The van der Waals surface area contributed by atoms with Gasteiger partial charge in [-0.15, -0.1) is 0 Å². The lowest BCUT2D eigenvalue weighted by Gasteiger charge is -2.24. The Morgan fingerprint density at radius 2 is 1.80 bits per heavy atom. The topological polar surface area (TPSA) is 17.1 Å². The van der Waals surface area contributed by atoms with Crippen molar-refractivity contribution in [2.75, 3.05) is 0 Å².